The highest BCUT2D eigenvalue weighted by Gasteiger charge is 2.17. The smallest absolute Gasteiger partial charge is 0.251 e. The standard InChI is InChI=1S/C13H9F2NO/c14-11-9(8-4-2-1-3-5-8)6-7-10(12(11)15)13(16)17/h1-7H,(H2,16,17). The van der Waals surface area contributed by atoms with Crippen LogP contribution < -0.4 is 5.73 Å². The quantitative estimate of drug-likeness (QED) is 0.851. The average molecular weight is 233 g/mol. The van der Waals surface area contributed by atoms with Gasteiger partial charge in [0.25, 0.3) is 5.91 Å². The molecule has 0 saturated carbocycles. The first-order chi connectivity index (χ1) is 8.11. The Labute approximate surface area is 96.7 Å². The number of carbonyl (C=O) groups excluding carboxylic acids is 1. The van der Waals surface area contributed by atoms with Gasteiger partial charge in [0.2, 0.25) is 0 Å². The highest BCUT2D eigenvalue weighted by molar-refractivity contribution is 5.93. The van der Waals surface area contributed by atoms with E-state index in [2.05, 4.69) is 0 Å². The summed E-state index contributed by atoms with van der Waals surface area (Å²) < 4.78 is 27.2. The van der Waals surface area contributed by atoms with Crippen molar-refractivity contribution in [2.45, 2.75) is 0 Å². The third-order valence-electron chi connectivity index (χ3n) is 2.43. The number of amides is 1. The SMILES string of the molecule is NC(=O)c1ccc(-c2ccccc2)c(F)c1F. The molecule has 0 fully saturated rings. The second-order valence-electron chi connectivity index (χ2n) is 3.52. The van der Waals surface area contributed by atoms with Crippen molar-refractivity contribution in [2.75, 3.05) is 0 Å². The van der Waals surface area contributed by atoms with Crippen molar-refractivity contribution in [3.8, 4) is 11.1 Å². The highest BCUT2D eigenvalue weighted by atomic mass is 19.2. The molecule has 0 bridgehead atoms. The van der Waals surface area contributed by atoms with Crippen LogP contribution in [0.3, 0.4) is 0 Å². The minimum absolute atomic E-state index is 0.105. The lowest BCUT2D eigenvalue weighted by Crippen LogP contribution is -2.14. The minimum Gasteiger partial charge on any atom is -0.366 e. The molecule has 0 atom stereocenters. The van der Waals surface area contributed by atoms with E-state index in [0.29, 0.717) is 5.56 Å². The summed E-state index contributed by atoms with van der Waals surface area (Å²) in [6.45, 7) is 0. The molecule has 1 amide bonds. The van der Waals surface area contributed by atoms with Gasteiger partial charge in [0, 0.05) is 5.56 Å². The van der Waals surface area contributed by atoms with Crippen molar-refractivity contribution in [1.82, 2.24) is 0 Å². The van der Waals surface area contributed by atoms with Crippen LogP contribution in [-0.4, -0.2) is 5.91 Å². The minimum atomic E-state index is -1.21. The van der Waals surface area contributed by atoms with E-state index in [1.165, 1.54) is 12.1 Å². The second-order valence-corrected chi connectivity index (χ2v) is 3.52. The number of hydrogen-bond acceptors (Lipinski definition) is 1. The van der Waals surface area contributed by atoms with Gasteiger partial charge in [0.05, 0.1) is 5.56 Å². The zero-order valence-corrected chi connectivity index (χ0v) is 8.78. The fourth-order valence-corrected chi connectivity index (χ4v) is 1.58. The lowest BCUT2D eigenvalue weighted by molar-refractivity contribution is 0.0995. The number of primary amides is 1. The maximum Gasteiger partial charge on any atom is 0.251 e. The molecule has 0 aliphatic carbocycles. The van der Waals surface area contributed by atoms with Gasteiger partial charge in [-0.25, -0.2) is 8.78 Å². The maximum atomic E-state index is 13.7. The Morgan fingerprint density at radius 1 is 0.941 bits per heavy atom. The van der Waals surface area contributed by atoms with Crippen molar-refractivity contribution in [1.29, 1.82) is 0 Å². The third kappa shape index (κ3) is 2.01. The van der Waals surface area contributed by atoms with Gasteiger partial charge in [0.15, 0.2) is 11.6 Å². The van der Waals surface area contributed by atoms with Crippen LogP contribution in [0.4, 0.5) is 8.78 Å². The summed E-state index contributed by atoms with van der Waals surface area (Å²) in [4.78, 5) is 10.8. The molecular weight excluding hydrogens is 224 g/mol. The Morgan fingerprint density at radius 2 is 1.59 bits per heavy atom. The zero-order chi connectivity index (χ0) is 12.4. The first kappa shape index (κ1) is 11.3. The van der Waals surface area contributed by atoms with Gasteiger partial charge in [-0.2, -0.15) is 0 Å². The topological polar surface area (TPSA) is 43.1 Å². The van der Waals surface area contributed by atoms with E-state index in [1.54, 1.807) is 30.3 Å². The van der Waals surface area contributed by atoms with Gasteiger partial charge in [-0.05, 0) is 11.6 Å². The lowest BCUT2D eigenvalue weighted by atomic mass is 10.0. The number of nitrogens with two attached hydrogens (primary N) is 1. The summed E-state index contributed by atoms with van der Waals surface area (Å²) >= 11 is 0. The largest absolute Gasteiger partial charge is 0.366 e. The van der Waals surface area contributed by atoms with Gasteiger partial charge in [-0.1, -0.05) is 36.4 Å². The second kappa shape index (κ2) is 4.33. The van der Waals surface area contributed by atoms with E-state index in [0.717, 1.165) is 0 Å². The molecule has 0 heterocycles. The molecule has 0 radical (unpaired) electrons. The van der Waals surface area contributed by atoms with E-state index in [9.17, 15) is 13.6 Å². The van der Waals surface area contributed by atoms with Crippen molar-refractivity contribution in [2.24, 2.45) is 5.73 Å². The van der Waals surface area contributed by atoms with Crippen LogP contribution in [-0.2, 0) is 0 Å². The fourth-order valence-electron chi connectivity index (χ4n) is 1.58. The van der Waals surface area contributed by atoms with Gasteiger partial charge in [-0.15, -0.1) is 0 Å². The van der Waals surface area contributed by atoms with Crippen LogP contribution in [0.15, 0.2) is 42.5 Å². The molecule has 0 unspecified atom stereocenters. The Bertz CT molecular complexity index is 567. The van der Waals surface area contributed by atoms with Gasteiger partial charge < -0.3 is 5.73 Å². The zero-order valence-electron chi connectivity index (χ0n) is 8.78. The number of carbonyl (C=O) groups is 1. The Balaban J connectivity index is 2.60. The Hall–Kier alpha value is -2.23. The van der Waals surface area contributed by atoms with Gasteiger partial charge >= 0.3 is 0 Å². The molecule has 17 heavy (non-hydrogen) atoms. The molecule has 0 aliphatic rings. The van der Waals surface area contributed by atoms with Crippen LogP contribution in [0, 0.1) is 11.6 Å². The molecule has 2 N–H and O–H groups in total. The van der Waals surface area contributed by atoms with Crippen molar-refractivity contribution < 1.29 is 13.6 Å². The van der Waals surface area contributed by atoms with Crippen LogP contribution >= 0.6 is 0 Å². The normalized spacial score (nSPS) is 10.2. The molecule has 0 aromatic heterocycles. The summed E-state index contributed by atoms with van der Waals surface area (Å²) in [6.07, 6.45) is 0. The molecule has 2 aromatic rings. The summed E-state index contributed by atoms with van der Waals surface area (Å²) in [7, 11) is 0. The van der Waals surface area contributed by atoms with E-state index in [4.69, 9.17) is 5.73 Å². The Kier molecular flexibility index (Phi) is 2.87. The number of hydrogen-bond donors (Lipinski definition) is 1. The highest BCUT2D eigenvalue weighted by Crippen LogP contribution is 2.25. The number of rotatable bonds is 2. The summed E-state index contributed by atoms with van der Waals surface area (Å²) in [5.41, 5.74) is 5.13. The molecule has 0 saturated heterocycles. The van der Waals surface area contributed by atoms with E-state index >= 15 is 0 Å². The predicted octanol–water partition coefficient (Wildman–Crippen LogP) is 2.73. The van der Waals surface area contributed by atoms with E-state index in [1.807, 2.05) is 0 Å². The number of benzene rings is 2. The van der Waals surface area contributed by atoms with E-state index < -0.39 is 23.1 Å². The van der Waals surface area contributed by atoms with Crippen LogP contribution in [0.1, 0.15) is 10.4 Å². The van der Waals surface area contributed by atoms with Gasteiger partial charge in [0.1, 0.15) is 0 Å². The molecular formula is C13H9F2NO. The van der Waals surface area contributed by atoms with Crippen molar-refractivity contribution in [3.63, 3.8) is 0 Å². The maximum absolute atomic E-state index is 13.7. The molecule has 2 aromatic carbocycles. The third-order valence-corrected chi connectivity index (χ3v) is 2.43. The number of halogens is 2. The summed E-state index contributed by atoms with van der Waals surface area (Å²) in [6, 6.07) is 11.0. The average Bonchev–Trinajstić information content (AvgIpc) is 2.33. The predicted molar refractivity (Wildman–Crippen MR) is 60.3 cm³/mol. The van der Waals surface area contributed by atoms with Crippen molar-refractivity contribution >= 4 is 5.91 Å². The van der Waals surface area contributed by atoms with Crippen LogP contribution in [0.2, 0.25) is 0 Å². The summed E-state index contributed by atoms with van der Waals surface area (Å²) in [5, 5.41) is 0. The molecule has 86 valence electrons. The van der Waals surface area contributed by atoms with Crippen LogP contribution in [0.25, 0.3) is 11.1 Å². The Morgan fingerprint density at radius 3 is 2.18 bits per heavy atom. The monoisotopic (exact) mass is 233 g/mol. The lowest BCUT2D eigenvalue weighted by Gasteiger charge is -2.06. The molecule has 2 nitrogen and oxygen atoms in total. The van der Waals surface area contributed by atoms with Gasteiger partial charge in [-0.3, -0.25) is 4.79 Å². The van der Waals surface area contributed by atoms with Crippen molar-refractivity contribution in [3.05, 3.63) is 59.7 Å². The molecule has 0 spiro atoms. The molecule has 2 rings (SSSR count). The molecule has 4 heteroatoms. The fraction of sp³-hybridized carbons (Fsp3) is 0. The first-order valence-corrected chi connectivity index (χ1v) is 4.94. The summed E-state index contributed by atoms with van der Waals surface area (Å²) in [5.74, 6) is -3.26. The first-order valence-electron chi connectivity index (χ1n) is 4.94. The molecule has 0 aliphatic heterocycles. The van der Waals surface area contributed by atoms with Crippen LogP contribution in [0.5, 0.6) is 0 Å². The van der Waals surface area contributed by atoms with E-state index in [-0.39, 0.29) is 5.56 Å².